The molecule has 0 spiro atoms. The van der Waals surface area contributed by atoms with Crippen molar-refractivity contribution in [1.29, 1.82) is 0 Å². The van der Waals surface area contributed by atoms with Gasteiger partial charge in [0.15, 0.2) is 11.0 Å². The van der Waals surface area contributed by atoms with Crippen LogP contribution in [0.25, 0.3) is 0 Å². The van der Waals surface area contributed by atoms with Crippen molar-refractivity contribution >= 4 is 38.5 Å². The van der Waals surface area contributed by atoms with Crippen molar-refractivity contribution in [1.82, 2.24) is 0 Å². The molecule has 92 valence electrons. The number of hydrogen-bond acceptors (Lipinski definition) is 3. The van der Waals surface area contributed by atoms with Crippen molar-refractivity contribution in [3.63, 3.8) is 0 Å². The average Bonchev–Trinajstić information content (AvgIpc) is 2.52. The topological polar surface area (TPSA) is 24.4 Å². The normalized spacial score (nSPS) is 18.1. The number of anilines is 1. The molecule has 2 nitrogen and oxygen atoms in total. The fourth-order valence-electron chi connectivity index (χ4n) is 1.42. The minimum absolute atomic E-state index is 0.143. The van der Waals surface area contributed by atoms with E-state index in [1.807, 2.05) is 13.8 Å². The molecule has 1 heterocycles. The standard InChI is InChI=1S/C11H11BrF2N2S/c1-11(2)5-17-10(16-11)15-9-7(12)3-6(13)4-8(9)14/h3-4H,5H2,1-2H3,(H,15,16). The fourth-order valence-corrected chi connectivity index (χ4v) is 2.96. The summed E-state index contributed by atoms with van der Waals surface area (Å²) in [6, 6.07) is 2.06. The van der Waals surface area contributed by atoms with Gasteiger partial charge in [-0.25, -0.2) is 8.78 Å². The summed E-state index contributed by atoms with van der Waals surface area (Å²) in [6.45, 7) is 4.01. The smallest absolute Gasteiger partial charge is 0.161 e. The molecule has 0 radical (unpaired) electrons. The van der Waals surface area contributed by atoms with Crippen molar-refractivity contribution in [3.8, 4) is 0 Å². The van der Waals surface area contributed by atoms with Crippen molar-refractivity contribution in [2.45, 2.75) is 19.4 Å². The number of nitrogens with one attached hydrogen (secondary N) is 1. The fraction of sp³-hybridized carbons (Fsp3) is 0.364. The predicted octanol–water partition coefficient (Wildman–Crippen LogP) is 4.02. The maximum atomic E-state index is 13.6. The van der Waals surface area contributed by atoms with Gasteiger partial charge >= 0.3 is 0 Å². The number of halogens is 3. The summed E-state index contributed by atoms with van der Waals surface area (Å²) < 4.78 is 26.8. The van der Waals surface area contributed by atoms with E-state index in [9.17, 15) is 8.78 Å². The van der Waals surface area contributed by atoms with E-state index in [0.717, 1.165) is 11.8 Å². The van der Waals surface area contributed by atoms with Gasteiger partial charge in [-0.2, -0.15) is 0 Å². The number of rotatable bonds is 1. The SMILES string of the molecule is CC1(C)CSC(Nc2c(F)cc(F)cc2Br)=N1. The third kappa shape index (κ3) is 2.98. The van der Waals surface area contributed by atoms with Crippen LogP contribution in [0.3, 0.4) is 0 Å². The zero-order valence-electron chi connectivity index (χ0n) is 9.35. The minimum atomic E-state index is -0.634. The van der Waals surface area contributed by atoms with Gasteiger partial charge in [-0.1, -0.05) is 11.8 Å². The van der Waals surface area contributed by atoms with Crippen LogP contribution in [-0.2, 0) is 0 Å². The highest BCUT2D eigenvalue weighted by Crippen LogP contribution is 2.32. The Morgan fingerprint density at radius 2 is 2.12 bits per heavy atom. The summed E-state index contributed by atoms with van der Waals surface area (Å²) in [5.41, 5.74) is 0.0750. The van der Waals surface area contributed by atoms with Gasteiger partial charge in [-0.3, -0.25) is 4.99 Å². The Morgan fingerprint density at radius 1 is 1.41 bits per heavy atom. The molecular formula is C11H11BrF2N2S. The van der Waals surface area contributed by atoms with Gasteiger partial charge in [-0.05, 0) is 35.8 Å². The van der Waals surface area contributed by atoms with E-state index in [1.165, 1.54) is 17.8 Å². The van der Waals surface area contributed by atoms with Gasteiger partial charge in [0.05, 0.1) is 11.2 Å². The molecule has 1 aromatic carbocycles. The first kappa shape index (κ1) is 12.8. The Labute approximate surface area is 111 Å². The summed E-state index contributed by atoms with van der Waals surface area (Å²) in [7, 11) is 0. The molecule has 17 heavy (non-hydrogen) atoms. The molecule has 0 amide bonds. The van der Waals surface area contributed by atoms with E-state index in [4.69, 9.17) is 0 Å². The lowest BCUT2D eigenvalue weighted by atomic mass is 10.1. The highest BCUT2D eigenvalue weighted by atomic mass is 79.9. The molecule has 0 bridgehead atoms. The molecule has 0 saturated carbocycles. The maximum absolute atomic E-state index is 13.6. The zero-order valence-corrected chi connectivity index (χ0v) is 11.8. The number of thioether (sulfide) groups is 1. The molecule has 0 unspecified atom stereocenters. The molecule has 0 aromatic heterocycles. The molecule has 1 aromatic rings. The summed E-state index contributed by atoms with van der Waals surface area (Å²) >= 11 is 4.65. The lowest BCUT2D eigenvalue weighted by Crippen LogP contribution is -2.15. The van der Waals surface area contributed by atoms with Gasteiger partial charge in [0.25, 0.3) is 0 Å². The molecular weight excluding hydrogens is 310 g/mol. The van der Waals surface area contributed by atoms with Crippen molar-refractivity contribution in [3.05, 3.63) is 28.2 Å². The van der Waals surface area contributed by atoms with Gasteiger partial charge in [-0.15, -0.1) is 0 Å². The van der Waals surface area contributed by atoms with Crippen molar-refractivity contribution in [2.24, 2.45) is 4.99 Å². The van der Waals surface area contributed by atoms with Crippen LogP contribution in [0.4, 0.5) is 14.5 Å². The first-order valence-electron chi connectivity index (χ1n) is 5.02. The first-order chi connectivity index (χ1) is 7.87. The van der Waals surface area contributed by atoms with Gasteiger partial charge < -0.3 is 5.32 Å². The second-order valence-electron chi connectivity index (χ2n) is 4.39. The van der Waals surface area contributed by atoms with E-state index in [1.54, 1.807) is 0 Å². The summed E-state index contributed by atoms with van der Waals surface area (Å²) in [4.78, 5) is 4.41. The van der Waals surface area contributed by atoms with E-state index in [0.29, 0.717) is 9.64 Å². The van der Waals surface area contributed by atoms with Crippen LogP contribution in [0.1, 0.15) is 13.8 Å². The Balaban J connectivity index is 2.26. The van der Waals surface area contributed by atoms with Crippen LogP contribution < -0.4 is 5.32 Å². The van der Waals surface area contributed by atoms with Gasteiger partial charge in [0, 0.05) is 16.3 Å². The van der Waals surface area contributed by atoms with Crippen LogP contribution >= 0.6 is 27.7 Å². The monoisotopic (exact) mass is 320 g/mol. The van der Waals surface area contributed by atoms with Crippen LogP contribution in [0.2, 0.25) is 0 Å². The van der Waals surface area contributed by atoms with Crippen LogP contribution in [0, 0.1) is 11.6 Å². The maximum Gasteiger partial charge on any atom is 0.161 e. The van der Waals surface area contributed by atoms with Gasteiger partial charge in [0.2, 0.25) is 0 Å². The molecule has 1 aliphatic rings. The molecule has 0 atom stereocenters. The number of aliphatic imine (C=N–C) groups is 1. The molecule has 0 saturated heterocycles. The Hall–Kier alpha value is -0.620. The van der Waals surface area contributed by atoms with E-state index in [-0.39, 0.29) is 11.2 Å². The molecule has 1 N–H and O–H groups in total. The number of hydrogen-bond donors (Lipinski definition) is 1. The lowest BCUT2D eigenvalue weighted by Gasteiger charge is -2.10. The minimum Gasteiger partial charge on any atom is -0.332 e. The summed E-state index contributed by atoms with van der Waals surface area (Å²) in [5, 5.41) is 3.54. The zero-order chi connectivity index (χ0) is 12.6. The Bertz CT molecular complexity index is 465. The average molecular weight is 321 g/mol. The van der Waals surface area contributed by atoms with Crippen molar-refractivity contribution < 1.29 is 8.78 Å². The number of benzene rings is 1. The van der Waals surface area contributed by atoms with Crippen LogP contribution in [0.15, 0.2) is 21.6 Å². The molecule has 0 aliphatic carbocycles. The van der Waals surface area contributed by atoms with Crippen LogP contribution in [-0.4, -0.2) is 16.5 Å². The summed E-state index contributed by atoms with van der Waals surface area (Å²) in [6.07, 6.45) is 0. The highest BCUT2D eigenvalue weighted by molar-refractivity contribution is 9.10. The third-order valence-electron chi connectivity index (χ3n) is 2.21. The third-order valence-corrected chi connectivity index (χ3v) is 4.15. The largest absolute Gasteiger partial charge is 0.332 e. The molecule has 0 fully saturated rings. The number of nitrogens with zero attached hydrogens (tertiary/aromatic N) is 1. The quantitative estimate of drug-likeness (QED) is 0.845. The molecule has 2 rings (SSSR count). The Morgan fingerprint density at radius 3 is 2.65 bits per heavy atom. The van der Waals surface area contributed by atoms with E-state index >= 15 is 0 Å². The second-order valence-corrected chi connectivity index (χ2v) is 6.21. The van der Waals surface area contributed by atoms with Crippen molar-refractivity contribution in [2.75, 3.05) is 11.1 Å². The van der Waals surface area contributed by atoms with E-state index < -0.39 is 11.6 Å². The predicted molar refractivity (Wildman–Crippen MR) is 71.7 cm³/mol. The summed E-state index contributed by atoms with van der Waals surface area (Å²) in [5.74, 6) is -0.401. The second kappa shape index (κ2) is 4.57. The Kier molecular flexibility index (Phi) is 3.45. The molecule has 1 aliphatic heterocycles. The van der Waals surface area contributed by atoms with Gasteiger partial charge in [0.1, 0.15) is 5.82 Å². The molecule has 6 heteroatoms. The van der Waals surface area contributed by atoms with E-state index in [2.05, 4.69) is 26.2 Å². The van der Waals surface area contributed by atoms with Crippen LogP contribution in [0.5, 0.6) is 0 Å². The lowest BCUT2D eigenvalue weighted by molar-refractivity contribution is 0.584. The number of amidine groups is 1. The highest BCUT2D eigenvalue weighted by Gasteiger charge is 2.26. The first-order valence-corrected chi connectivity index (χ1v) is 6.79.